The quantitative estimate of drug-likeness (QED) is 0.725. The number of hydrogen-bond donors (Lipinski definition) is 1. The molecule has 0 radical (unpaired) electrons. The van der Waals surface area contributed by atoms with Crippen LogP contribution in [0.5, 0.6) is 5.75 Å². The number of carbonyl (C=O) groups excluding carboxylic acids is 1. The smallest absolute Gasteiger partial charge is 0.344 e. The molecule has 1 unspecified atom stereocenters. The van der Waals surface area contributed by atoms with Crippen molar-refractivity contribution in [1.29, 1.82) is 0 Å². The molecule has 0 bridgehead atoms. The Balaban J connectivity index is 2.12. The van der Waals surface area contributed by atoms with Gasteiger partial charge in [-0.15, -0.1) is 0 Å². The minimum absolute atomic E-state index is 0.201. The van der Waals surface area contributed by atoms with E-state index in [4.69, 9.17) is 25.8 Å². The Morgan fingerprint density at radius 2 is 2.08 bits per heavy atom. The van der Waals surface area contributed by atoms with Crippen LogP contribution in [0.1, 0.15) is 33.3 Å². The van der Waals surface area contributed by atoms with Crippen LogP contribution in [-0.2, 0) is 30.8 Å². The summed E-state index contributed by atoms with van der Waals surface area (Å²) in [7, 11) is -1.25. The number of ether oxygens (including phenoxy) is 3. The third-order valence-corrected chi connectivity index (χ3v) is 5.66. The second kappa shape index (κ2) is 8.03. The lowest BCUT2D eigenvalue weighted by Crippen LogP contribution is -2.59. The molecule has 1 aliphatic rings. The fraction of sp³-hybridized carbons (Fsp3) is 0.588. The van der Waals surface area contributed by atoms with Crippen molar-refractivity contribution in [3.63, 3.8) is 0 Å². The SMILES string of the molecule is CCOC(=O)COc1ccc(C2(NS(=O)C(C)(C)C)COC2)cc1Cl. The summed E-state index contributed by atoms with van der Waals surface area (Å²) in [6, 6.07) is 5.28. The Bertz CT molecular complexity index is 655. The molecule has 1 aromatic carbocycles. The summed E-state index contributed by atoms with van der Waals surface area (Å²) in [5.74, 6) is -0.0560. The molecule has 1 atom stereocenters. The van der Waals surface area contributed by atoms with Crippen LogP contribution in [0.15, 0.2) is 18.2 Å². The Labute approximate surface area is 155 Å². The number of benzene rings is 1. The summed E-state index contributed by atoms with van der Waals surface area (Å²) in [5.41, 5.74) is 0.325. The van der Waals surface area contributed by atoms with E-state index in [1.165, 1.54) is 0 Å². The maximum atomic E-state index is 12.5. The van der Waals surface area contributed by atoms with Crippen LogP contribution in [0, 0.1) is 0 Å². The van der Waals surface area contributed by atoms with Crippen LogP contribution < -0.4 is 9.46 Å². The van der Waals surface area contributed by atoms with E-state index < -0.39 is 27.2 Å². The van der Waals surface area contributed by atoms with Crippen LogP contribution in [0.2, 0.25) is 5.02 Å². The normalized spacial score (nSPS) is 17.5. The highest BCUT2D eigenvalue weighted by Gasteiger charge is 2.43. The Morgan fingerprint density at radius 3 is 2.56 bits per heavy atom. The van der Waals surface area contributed by atoms with Gasteiger partial charge in [-0.3, -0.25) is 0 Å². The topological polar surface area (TPSA) is 73.9 Å². The van der Waals surface area contributed by atoms with Gasteiger partial charge in [0, 0.05) is 0 Å². The maximum absolute atomic E-state index is 12.5. The third kappa shape index (κ3) is 4.94. The fourth-order valence-corrected chi connectivity index (χ4v) is 3.31. The molecule has 1 fully saturated rings. The zero-order valence-corrected chi connectivity index (χ0v) is 16.5. The molecule has 0 saturated carbocycles. The monoisotopic (exact) mass is 389 g/mol. The van der Waals surface area contributed by atoms with Gasteiger partial charge in [-0.2, -0.15) is 0 Å². The summed E-state index contributed by atoms with van der Waals surface area (Å²) in [6.45, 7) is 8.37. The minimum Gasteiger partial charge on any atom is -0.480 e. The lowest BCUT2D eigenvalue weighted by atomic mass is 9.89. The summed E-state index contributed by atoms with van der Waals surface area (Å²) < 4.78 is 30.8. The minimum atomic E-state index is -1.25. The summed E-state index contributed by atoms with van der Waals surface area (Å²) in [5, 5.41) is 0.372. The molecule has 140 valence electrons. The predicted octanol–water partition coefficient (Wildman–Crippen LogP) is 2.56. The van der Waals surface area contributed by atoms with Crippen molar-refractivity contribution >= 4 is 28.6 Å². The lowest BCUT2D eigenvalue weighted by Gasteiger charge is -2.43. The third-order valence-electron chi connectivity index (χ3n) is 3.68. The highest BCUT2D eigenvalue weighted by atomic mass is 35.5. The standard InChI is InChI=1S/C17H24ClNO5S/c1-5-23-15(20)9-24-14-7-6-12(8-13(14)18)17(10-22-11-17)19-25(21)16(2,3)4/h6-8,19H,5,9-11H2,1-4H3. The van der Waals surface area contributed by atoms with Crippen molar-refractivity contribution in [3.8, 4) is 5.75 Å². The van der Waals surface area contributed by atoms with Gasteiger partial charge in [0.1, 0.15) is 11.3 Å². The van der Waals surface area contributed by atoms with E-state index in [0.29, 0.717) is 30.6 Å². The first-order chi connectivity index (χ1) is 11.7. The zero-order chi connectivity index (χ0) is 18.7. The van der Waals surface area contributed by atoms with Crippen molar-refractivity contribution in [2.45, 2.75) is 38.0 Å². The van der Waals surface area contributed by atoms with E-state index >= 15 is 0 Å². The van der Waals surface area contributed by atoms with E-state index in [2.05, 4.69) is 4.72 Å². The van der Waals surface area contributed by atoms with Crippen molar-refractivity contribution in [2.24, 2.45) is 0 Å². The zero-order valence-electron chi connectivity index (χ0n) is 14.9. The second-order valence-electron chi connectivity index (χ2n) is 6.80. The van der Waals surface area contributed by atoms with Crippen molar-refractivity contribution < 1.29 is 23.2 Å². The Kier molecular flexibility index (Phi) is 6.48. The number of halogens is 1. The van der Waals surface area contributed by atoms with Crippen LogP contribution >= 0.6 is 11.6 Å². The van der Waals surface area contributed by atoms with Gasteiger partial charge in [0.15, 0.2) is 6.61 Å². The van der Waals surface area contributed by atoms with E-state index in [-0.39, 0.29) is 6.61 Å². The molecule has 1 aromatic rings. The highest BCUT2D eigenvalue weighted by molar-refractivity contribution is 7.84. The number of nitrogens with one attached hydrogen (secondary N) is 1. The highest BCUT2D eigenvalue weighted by Crippen LogP contribution is 2.35. The van der Waals surface area contributed by atoms with Crippen molar-refractivity contribution in [2.75, 3.05) is 26.4 Å². The molecule has 25 heavy (non-hydrogen) atoms. The summed E-state index contributed by atoms with van der Waals surface area (Å²) >= 11 is 6.28. The molecule has 0 spiro atoms. The number of hydrogen-bond acceptors (Lipinski definition) is 5. The van der Waals surface area contributed by atoms with E-state index in [9.17, 15) is 9.00 Å². The Morgan fingerprint density at radius 1 is 1.40 bits per heavy atom. The summed E-state index contributed by atoms with van der Waals surface area (Å²) in [4.78, 5) is 11.4. The van der Waals surface area contributed by atoms with E-state index in [1.807, 2.05) is 26.8 Å². The number of rotatable bonds is 7. The first-order valence-electron chi connectivity index (χ1n) is 8.04. The largest absolute Gasteiger partial charge is 0.480 e. The first-order valence-corrected chi connectivity index (χ1v) is 9.56. The molecule has 0 aromatic heterocycles. The average molecular weight is 390 g/mol. The molecule has 0 amide bonds. The van der Waals surface area contributed by atoms with Crippen molar-refractivity contribution in [3.05, 3.63) is 28.8 Å². The van der Waals surface area contributed by atoms with Gasteiger partial charge in [-0.05, 0) is 45.4 Å². The molecule has 6 nitrogen and oxygen atoms in total. The molecular formula is C17H24ClNO5S. The van der Waals surface area contributed by atoms with Crippen LogP contribution in [-0.4, -0.2) is 41.4 Å². The predicted molar refractivity (Wildman–Crippen MR) is 97.1 cm³/mol. The summed E-state index contributed by atoms with van der Waals surface area (Å²) in [6.07, 6.45) is 0. The van der Waals surface area contributed by atoms with Gasteiger partial charge in [0.2, 0.25) is 0 Å². The number of esters is 1. The molecule has 2 rings (SSSR count). The van der Waals surface area contributed by atoms with Crippen LogP contribution in [0.25, 0.3) is 0 Å². The molecule has 0 aliphatic carbocycles. The molecule has 1 saturated heterocycles. The average Bonchev–Trinajstić information content (AvgIpc) is 2.48. The van der Waals surface area contributed by atoms with Crippen LogP contribution in [0.3, 0.4) is 0 Å². The van der Waals surface area contributed by atoms with Gasteiger partial charge in [-0.1, -0.05) is 17.7 Å². The van der Waals surface area contributed by atoms with E-state index in [0.717, 1.165) is 5.56 Å². The molecule has 1 aliphatic heterocycles. The first kappa shape index (κ1) is 20.2. The Hall–Kier alpha value is -1.15. The molecule has 1 N–H and O–H groups in total. The maximum Gasteiger partial charge on any atom is 0.344 e. The molecule has 8 heteroatoms. The molecular weight excluding hydrogens is 366 g/mol. The second-order valence-corrected chi connectivity index (χ2v) is 9.17. The number of carbonyl (C=O) groups is 1. The van der Waals surface area contributed by atoms with Crippen LogP contribution in [0.4, 0.5) is 0 Å². The molecule has 1 heterocycles. The van der Waals surface area contributed by atoms with Gasteiger partial charge in [0.25, 0.3) is 0 Å². The van der Waals surface area contributed by atoms with Gasteiger partial charge in [0.05, 0.1) is 40.6 Å². The van der Waals surface area contributed by atoms with Gasteiger partial charge < -0.3 is 14.2 Å². The van der Waals surface area contributed by atoms with E-state index in [1.54, 1.807) is 19.1 Å². The van der Waals surface area contributed by atoms with Gasteiger partial charge >= 0.3 is 5.97 Å². The lowest BCUT2D eigenvalue weighted by molar-refractivity contribution is -0.145. The fourth-order valence-electron chi connectivity index (χ4n) is 2.18. The van der Waals surface area contributed by atoms with Gasteiger partial charge in [-0.25, -0.2) is 13.7 Å². The van der Waals surface area contributed by atoms with Crippen molar-refractivity contribution in [1.82, 2.24) is 4.72 Å².